The molecule has 1 aromatic heterocycles. The van der Waals surface area contributed by atoms with Crippen LogP contribution in [0.4, 0.5) is 5.69 Å². The van der Waals surface area contributed by atoms with E-state index in [2.05, 4.69) is 23.8 Å². The summed E-state index contributed by atoms with van der Waals surface area (Å²) in [7, 11) is 3.38. The van der Waals surface area contributed by atoms with E-state index in [-0.39, 0.29) is 24.1 Å². The highest BCUT2D eigenvalue weighted by Crippen LogP contribution is 2.52. The Bertz CT molecular complexity index is 948. The molecule has 7 heteroatoms. The van der Waals surface area contributed by atoms with Crippen LogP contribution in [0.2, 0.25) is 0 Å². The van der Waals surface area contributed by atoms with Gasteiger partial charge in [-0.05, 0) is 56.4 Å². The summed E-state index contributed by atoms with van der Waals surface area (Å²) in [5.41, 5.74) is 18.6. The molecule has 0 saturated carbocycles. The van der Waals surface area contributed by atoms with Gasteiger partial charge in [-0.15, -0.1) is 0 Å². The Morgan fingerprint density at radius 2 is 1.97 bits per heavy atom. The molecule has 0 spiro atoms. The quantitative estimate of drug-likeness (QED) is 0.734. The summed E-state index contributed by atoms with van der Waals surface area (Å²) < 4.78 is 17.6. The number of nitrogen functional groups attached to an aromatic ring is 1. The van der Waals surface area contributed by atoms with Gasteiger partial charge in [0.25, 0.3) is 0 Å². The Balaban J connectivity index is 1.76. The fourth-order valence-corrected chi connectivity index (χ4v) is 5.15. The number of hydrazine groups is 1. The predicted octanol–water partition coefficient (Wildman–Crippen LogP) is 2.52. The van der Waals surface area contributed by atoms with E-state index >= 15 is 0 Å². The molecule has 0 bridgehead atoms. The van der Waals surface area contributed by atoms with Crippen LogP contribution in [0.5, 0.6) is 17.4 Å². The van der Waals surface area contributed by atoms with Gasteiger partial charge in [-0.3, -0.25) is 5.43 Å². The van der Waals surface area contributed by atoms with Gasteiger partial charge in [-0.1, -0.05) is 0 Å². The molecule has 7 nitrogen and oxygen atoms in total. The monoisotopic (exact) mass is 396 g/mol. The molecule has 2 aliphatic heterocycles. The summed E-state index contributed by atoms with van der Waals surface area (Å²) in [6.45, 7) is 2.16. The first-order valence-corrected chi connectivity index (χ1v) is 10.3. The van der Waals surface area contributed by atoms with Crippen molar-refractivity contribution in [2.45, 2.75) is 50.8 Å². The maximum Gasteiger partial charge on any atom is 0.221 e. The minimum Gasteiger partial charge on any atom is -0.497 e. The van der Waals surface area contributed by atoms with Gasteiger partial charge in [0.05, 0.1) is 14.2 Å². The van der Waals surface area contributed by atoms with Crippen LogP contribution in [0.3, 0.4) is 0 Å². The second kappa shape index (κ2) is 7.07. The Morgan fingerprint density at radius 1 is 1.14 bits per heavy atom. The van der Waals surface area contributed by atoms with Crippen molar-refractivity contribution in [1.82, 2.24) is 15.8 Å². The van der Waals surface area contributed by atoms with E-state index in [9.17, 15) is 0 Å². The zero-order valence-corrected chi connectivity index (χ0v) is 17.1. The normalized spacial score (nSPS) is 27.4. The summed E-state index contributed by atoms with van der Waals surface area (Å²) in [5, 5.41) is 0. The second-order valence-electron chi connectivity index (χ2n) is 8.16. The number of ether oxygens (including phenoxy) is 3. The molecule has 1 aromatic carbocycles. The van der Waals surface area contributed by atoms with Crippen LogP contribution in [0.1, 0.15) is 48.1 Å². The highest BCUT2D eigenvalue weighted by Gasteiger charge is 2.49. The van der Waals surface area contributed by atoms with E-state index in [0.29, 0.717) is 5.88 Å². The van der Waals surface area contributed by atoms with Gasteiger partial charge in [-0.2, -0.15) is 0 Å². The van der Waals surface area contributed by atoms with Crippen molar-refractivity contribution in [3.63, 3.8) is 0 Å². The van der Waals surface area contributed by atoms with Crippen LogP contribution in [0.25, 0.3) is 0 Å². The topological polar surface area (TPSA) is 90.7 Å². The van der Waals surface area contributed by atoms with Crippen LogP contribution >= 0.6 is 0 Å². The van der Waals surface area contributed by atoms with Crippen LogP contribution in [-0.4, -0.2) is 31.5 Å². The molecule has 1 aliphatic carbocycles. The van der Waals surface area contributed by atoms with E-state index in [1.165, 1.54) is 5.56 Å². The number of anilines is 1. The molecule has 2 aromatic rings. The molecule has 1 saturated heterocycles. The van der Waals surface area contributed by atoms with E-state index < -0.39 is 0 Å². The summed E-state index contributed by atoms with van der Waals surface area (Å²) in [6.07, 6.45) is 4.04. The first-order valence-electron chi connectivity index (χ1n) is 10.3. The van der Waals surface area contributed by atoms with Gasteiger partial charge in [0.1, 0.15) is 11.5 Å². The molecule has 0 radical (unpaired) electrons. The third-order valence-corrected chi connectivity index (χ3v) is 6.61. The van der Waals surface area contributed by atoms with Gasteiger partial charge < -0.3 is 19.9 Å². The Labute approximate surface area is 170 Å². The fraction of sp³-hybridized carbons (Fsp3) is 0.500. The number of hydrogen-bond acceptors (Lipinski definition) is 7. The molecule has 1 fully saturated rings. The second-order valence-corrected chi connectivity index (χ2v) is 8.16. The molecule has 4 atom stereocenters. The van der Waals surface area contributed by atoms with Gasteiger partial charge >= 0.3 is 0 Å². The molecule has 29 heavy (non-hydrogen) atoms. The first-order chi connectivity index (χ1) is 14.1. The zero-order valence-electron chi connectivity index (χ0n) is 17.1. The van der Waals surface area contributed by atoms with E-state index in [1.807, 2.05) is 12.1 Å². The largest absolute Gasteiger partial charge is 0.497 e. The van der Waals surface area contributed by atoms with Crippen molar-refractivity contribution in [3.05, 3.63) is 40.6 Å². The predicted molar refractivity (Wildman–Crippen MR) is 110 cm³/mol. The molecule has 0 amide bonds. The van der Waals surface area contributed by atoms with Gasteiger partial charge in [-0.25, -0.2) is 10.4 Å². The summed E-state index contributed by atoms with van der Waals surface area (Å²) >= 11 is 0. The summed E-state index contributed by atoms with van der Waals surface area (Å²) in [6, 6.07) is 6.12. The van der Waals surface area contributed by atoms with Crippen molar-refractivity contribution in [2.24, 2.45) is 5.92 Å². The van der Waals surface area contributed by atoms with Gasteiger partial charge in [0, 0.05) is 40.4 Å². The standard InChI is InChI=1S/C22H28N4O3/c1-11-17-18(14-10-12(27-2)8-9-16(14)28-3)19-20(23)13-6-4-5-7-15(13)24-21(19)29-22(17)26-25-11/h8-11,17-18,22,25-26H,4-7H2,1-3H3,(H2,23,24). The summed E-state index contributed by atoms with van der Waals surface area (Å²) in [4.78, 5) is 4.93. The van der Waals surface area contributed by atoms with Gasteiger partial charge in [0.15, 0.2) is 6.23 Å². The third-order valence-electron chi connectivity index (χ3n) is 6.61. The van der Waals surface area contributed by atoms with Crippen molar-refractivity contribution >= 4 is 5.69 Å². The lowest BCUT2D eigenvalue weighted by atomic mass is 9.74. The van der Waals surface area contributed by atoms with Crippen LogP contribution in [-0.2, 0) is 12.8 Å². The van der Waals surface area contributed by atoms with Crippen LogP contribution in [0.15, 0.2) is 18.2 Å². The van der Waals surface area contributed by atoms with Crippen molar-refractivity contribution in [1.29, 1.82) is 0 Å². The number of fused-ring (bicyclic) bond motifs is 3. The SMILES string of the molecule is COc1ccc(OC)c(C2c3c(nc4c(c3N)CCCC4)OC3NNC(C)C32)c1. The molecule has 3 heterocycles. The van der Waals surface area contributed by atoms with Crippen molar-refractivity contribution < 1.29 is 14.2 Å². The number of aromatic nitrogens is 1. The van der Waals surface area contributed by atoms with Crippen molar-refractivity contribution in [3.8, 4) is 17.4 Å². The van der Waals surface area contributed by atoms with E-state index in [0.717, 1.165) is 59.7 Å². The Hall–Kier alpha value is -2.51. The number of nitrogens with one attached hydrogen (secondary N) is 2. The highest BCUT2D eigenvalue weighted by molar-refractivity contribution is 5.65. The average molecular weight is 396 g/mol. The molecular formula is C22H28N4O3. The minimum absolute atomic E-state index is 0.0222. The van der Waals surface area contributed by atoms with E-state index in [4.69, 9.17) is 24.9 Å². The van der Waals surface area contributed by atoms with E-state index in [1.54, 1.807) is 14.2 Å². The molecule has 5 rings (SSSR count). The molecule has 154 valence electrons. The first kappa shape index (κ1) is 18.5. The van der Waals surface area contributed by atoms with Crippen LogP contribution in [0, 0.1) is 5.92 Å². The molecular weight excluding hydrogens is 368 g/mol. The number of methoxy groups -OCH3 is 2. The Kier molecular flexibility index (Phi) is 4.52. The number of pyridine rings is 1. The number of nitrogens with zero attached hydrogens (tertiary/aromatic N) is 1. The van der Waals surface area contributed by atoms with Crippen molar-refractivity contribution in [2.75, 3.05) is 20.0 Å². The third kappa shape index (κ3) is 2.83. The molecule has 4 unspecified atom stereocenters. The number of rotatable bonds is 3. The number of hydrogen-bond donors (Lipinski definition) is 3. The number of benzene rings is 1. The Morgan fingerprint density at radius 3 is 2.76 bits per heavy atom. The van der Waals surface area contributed by atoms with Gasteiger partial charge in [0.2, 0.25) is 5.88 Å². The minimum atomic E-state index is -0.188. The average Bonchev–Trinajstić information content (AvgIpc) is 3.12. The summed E-state index contributed by atoms with van der Waals surface area (Å²) in [5.74, 6) is 2.36. The fourth-order valence-electron chi connectivity index (χ4n) is 5.15. The number of nitrogens with two attached hydrogens (primary N) is 1. The zero-order chi connectivity index (χ0) is 20.1. The number of aryl methyl sites for hydroxylation is 1. The lowest BCUT2D eigenvalue weighted by Gasteiger charge is -2.38. The lowest BCUT2D eigenvalue weighted by molar-refractivity contribution is 0.0961. The smallest absolute Gasteiger partial charge is 0.221 e. The maximum absolute atomic E-state index is 6.81. The molecule has 4 N–H and O–H groups in total. The molecule has 3 aliphatic rings. The maximum atomic E-state index is 6.81. The highest BCUT2D eigenvalue weighted by atomic mass is 16.5. The van der Waals surface area contributed by atoms with Crippen LogP contribution < -0.4 is 30.8 Å². The lowest BCUT2D eigenvalue weighted by Crippen LogP contribution is -2.42.